The molecule has 0 aromatic heterocycles. The van der Waals surface area contributed by atoms with Crippen LogP contribution in [0.15, 0.2) is 24.3 Å². The maximum atomic E-state index is 13.3. The molecule has 0 N–H and O–H groups in total. The molecule has 1 rings (SSSR count). The van der Waals surface area contributed by atoms with Crippen LogP contribution in [-0.4, -0.2) is 49.9 Å². The van der Waals surface area contributed by atoms with E-state index in [-0.39, 0.29) is 11.5 Å². The maximum Gasteiger partial charge on any atom is 0.256 e. The number of hydrogen-bond acceptors (Lipinski definition) is 2. The average molecular weight is 224 g/mol. The number of carbonyl (C=O) groups is 1. The monoisotopic (exact) mass is 224 g/mol. The lowest BCUT2D eigenvalue weighted by Crippen LogP contribution is -2.33. The van der Waals surface area contributed by atoms with Gasteiger partial charge < -0.3 is 9.80 Å². The molecule has 0 atom stereocenters. The van der Waals surface area contributed by atoms with Crippen LogP contribution < -0.4 is 0 Å². The smallest absolute Gasteiger partial charge is 0.256 e. The first-order valence-corrected chi connectivity index (χ1v) is 5.17. The number of carbonyl (C=O) groups excluding carboxylic acids is 1. The first-order valence-electron chi connectivity index (χ1n) is 5.17. The molecule has 0 unspecified atom stereocenters. The predicted molar refractivity (Wildman–Crippen MR) is 61.9 cm³/mol. The van der Waals surface area contributed by atoms with Crippen LogP contribution in [0.1, 0.15) is 10.4 Å². The summed E-state index contributed by atoms with van der Waals surface area (Å²) in [7, 11) is 5.54. The highest BCUT2D eigenvalue weighted by Crippen LogP contribution is 2.08. The van der Waals surface area contributed by atoms with Crippen LogP contribution in [0, 0.1) is 5.82 Å². The Kier molecular flexibility index (Phi) is 4.43. The van der Waals surface area contributed by atoms with Gasteiger partial charge in [-0.3, -0.25) is 4.79 Å². The fraction of sp³-hybridized carbons (Fsp3) is 0.417. The summed E-state index contributed by atoms with van der Waals surface area (Å²) in [6, 6.07) is 6.04. The van der Waals surface area contributed by atoms with Gasteiger partial charge >= 0.3 is 0 Å². The SMILES string of the molecule is CN(C)CCN(C)C(=O)c1ccccc1F. The summed E-state index contributed by atoms with van der Waals surface area (Å²) < 4.78 is 13.3. The maximum absolute atomic E-state index is 13.3. The molecule has 1 aromatic carbocycles. The van der Waals surface area contributed by atoms with Crippen molar-refractivity contribution >= 4 is 5.91 Å². The van der Waals surface area contributed by atoms with Gasteiger partial charge in [0.05, 0.1) is 5.56 Å². The first-order chi connectivity index (χ1) is 7.52. The van der Waals surface area contributed by atoms with Gasteiger partial charge in [0.25, 0.3) is 5.91 Å². The molecule has 0 aliphatic heterocycles. The van der Waals surface area contributed by atoms with Crippen molar-refractivity contribution in [3.05, 3.63) is 35.6 Å². The topological polar surface area (TPSA) is 23.6 Å². The zero-order chi connectivity index (χ0) is 12.1. The van der Waals surface area contributed by atoms with Crippen molar-refractivity contribution in [3.63, 3.8) is 0 Å². The summed E-state index contributed by atoms with van der Waals surface area (Å²) in [5.74, 6) is -0.746. The molecule has 1 aromatic rings. The van der Waals surface area contributed by atoms with Crippen LogP contribution in [0.4, 0.5) is 4.39 Å². The molecule has 0 aliphatic rings. The van der Waals surface area contributed by atoms with E-state index < -0.39 is 5.82 Å². The summed E-state index contributed by atoms with van der Waals surface area (Å²) in [5.41, 5.74) is 0.128. The second kappa shape index (κ2) is 5.61. The second-order valence-corrected chi connectivity index (χ2v) is 4.01. The summed E-state index contributed by atoms with van der Waals surface area (Å²) in [6.07, 6.45) is 0. The van der Waals surface area contributed by atoms with E-state index in [2.05, 4.69) is 0 Å². The zero-order valence-corrected chi connectivity index (χ0v) is 9.90. The Labute approximate surface area is 95.5 Å². The van der Waals surface area contributed by atoms with E-state index in [1.165, 1.54) is 17.0 Å². The standard InChI is InChI=1S/C12H17FN2O/c1-14(2)8-9-15(3)12(16)10-6-4-5-7-11(10)13/h4-7H,8-9H2,1-3H3. The highest BCUT2D eigenvalue weighted by Gasteiger charge is 2.14. The largest absolute Gasteiger partial charge is 0.340 e. The quantitative estimate of drug-likeness (QED) is 0.773. The number of amides is 1. The minimum absolute atomic E-state index is 0.128. The van der Waals surface area contributed by atoms with E-state index >= 15 is 0 Å². The molecule has 0 spiro atoms. The molecule has 0 fully saturated rings. The third-order valence-corrected chi connectivity index (χ3v) is 2.33. The second-order valence-electron chi connectivity index (χ2n) is 4.01. The molecule has 0 aliphatic carbocycles. The number of nitrogens with zero attached hydrogens (tertiary/aromatic N) is 2. The molecular weight excluding hydrogens is 207 g/mol. The van der Waals surface area contributed by atoms with Gasteiger partial charge in [-0.05, 0) is 26.2 Å². The highest BCUT2D eigenvalue weighted by molar-refractivity contribution is 5.94. The summed E-state index contributed by atoms with van der Waals surface area (Å²) in [5, 5.41) is 0. The molecule has 0 heterocycles. The van der Waals surface area contributed by atoms with Crippen molar-refractivity contribution < 1.29 is 9.18 Å². The number of hydrogen-bond donors (Lipinski definition) is 0. The van der Waals surface area contributed by atoms with Crippen molar-refractivity contribution in [2.24, 2.45) is 0 Å². The van der Waals surface area contributed by atoms with Gasteiger partial charge in [-0.25, -0.2) is 4.39 Å². The Morgan fingerprint density at radius 3 is 2.38 bits per heavy atom. The fourth-order valence-electron chi connectivity index (χ4n) is 1.29. The van der Waals surface area contributed by atoms with Crippen LogP contribution in [0.2, 0.25) is 0 Å². The van der Waals surface area contributed by atoms with Crippen molar-refractivity contribution in [1.82, 2.24) is 9.80 Å². The molecule has 88 valence electrons. The molecule has 4 heteroatoms. The third-order valence-electron chi connectivity index (χ3n) is 2.33. The Bertz CT molecular complexity index is 366. The predicted octanol–water partition coefficient (Wildman–Crippen LogP) is 1.46. The van der Waals surface area contributed by atoms with Gasteiger partial charge in [0.1, 0.15) is 5.82 Å². The van der Waals surface area contributed by atoms with Crippen molar-refractivity contribution in [2.75, 3.05) is 34.2 Å². The van der Waals surface area contributed by atoms with E-state index in [0.29, 0.717) is 6.54 Å². The lowest BCUT2D eigenvalue weighted by Gasteiger charge is -2.19. The molecular formula is C12H17FN2O. The van der Waals surface area contributed by atoms with E-state index in [1.54, 1.807) is 19.2 Å². The Morgan fingerprint density at radius 1 is 1.19 bits per heavy atom. The number of likely N-dealkylation sites (N-methyl/N-ethyl adjacent to an activating group) is 2. The molecule has 16 heavy (non-hydrogen) atoms. The molecule has 0 saturated heterocycles. The minimum atomic E-state index is -0.468. The summed E-state index contributed by atoms with van der Waals surface area (Å²) in [6.45, 7) is 1.34. The lowest BCUT2D eigenvalue weighted by atomic mass is 10.2. The minimum Gasteiger partial charge on any atom is -0.340 e. The van der Waals surface area contributed by atoms with Gasteiger partial charge in [0.2, 0.25) is 0 Å². The van der Waals surface area contributed by atoms with Crippen molar-refractivity contribution in [3.8, 4) is 0 Å². The molecule has 0 saturated carbocycles. The molecule has 1 amide bonds. The average Bonchev–Trinajstić information content (AvgIpc) is 2.25. The van der Waals surface area contributed by atoms with Crippen LogP contribution in [0.3, 0.4) is 0 Å². The van der Waals surface area contributed by atoms with Crippen molar-refractivity contribution in [1.29, 1.82) is 0 Å². The number of rotatable bonds is 4. The van der Waals surface area contributed by atoms with Gasteiger partial charge in [-0.2, -0.15) is 0 Å². The van der Waals surface area contributed by atoms with Crippen LogP contribution in [-0.2, 0) is 0 Å². The van der Waals surface area contributed by atoms with Crippen LogP contribution >= 0.6 is 0 Å². The van der Waals surface area contributed by atoms with Crippen molar-refractivity contribution in [2.45, 2.75) is 0 Å². The van der Waals surface area contributed by atoms with Crippen LogP contribution in [0.25, 0.3) is 0 Å². The van der Waals surface area contributed by atoms with Gasteiger partial charge in [0.15, 0.2) is 0 Å². The zero-order valence-electron chi connectivity index (χ0n) is 9.90. The fourth-order valence-corrected chi connectivity index (χ4v) is 1.29. The Morgan fingerprint density at radius 2 is 1.81 bits per heavy atom. The van der Waals surface area contributed by atoms with Gasteiger partial charge in [-0.15, -0.1) is 0 Å². The number of halogens is 1. The summed E-state index contributed by atoms with van der Waals surface area (Å²) in [4.78, 5) is 15.3. The highest BCUT2D eigenvalue weighted by atomic mass is 19.1. The first kappa shape index (κ1) is 12.6. The molecule has 3 nitrogen and oxygen atoms in total. The Balaban J connectivity index is 2.67. The van der Waals surface area contributed by atoms with Crippen LogP contribution in [0.5, 0.6) is 0 Å². The third kappa shape index (κ3) is 3.31. The van der Waals surface area contributed by atoms with E-state index in [1.807, 2.05) is 19.0 Å². The molecule has 0 bridgehead atoms. The molecule has 0 radical (unpaired) electrons. The van der Waals surface area contributed by atoms with E-state index in [9.17, 15) is 9.18 Å². The lowest BCUT2D eigenvalue weighted by molar-refractivity contribution is 0.0781. The van der Waals surface area contributed by atoms with E-state index in [0.717, 1.165) is 6.54 Å². The normalized spacial score (nSPS) is 10.6. The summed E-state index contributed by atoms with van der Waals surface area (Å²) >= 11 is 0. The number of benzene rings is 1. The van der Waals surface area contributed by atoms with E-state index in [4.69, 9.17) is 0 Å². The Hall–Kier alpha value is -1.42. The van der Waals surface area contributed by atoms with Gasteiger partial charge in [0, 0.05) is 20.1 Å². The van der Waals surface area contributed by atoms with Gasteiger partial charge in [-0.1, -0.05) is 12.1 Å².